The Balaban J connectivity index is 2.93. The van der Waals surface area contributed by atoms with Gasteiger partial charge in [-0.25, -0.2) is 8.78 Å². The van der Waals surface area contributed by atoms with Gasteiger partial charge in [-0.05, 0) is 22.0 Å². The lowest BCUT2D eigenvalue weighted by Crippen LogP contribution is -1.83. The van der Waals surface area contributed by atoms with Gasteiger partial charge >= 0.3 is 0 Å². The molecule has 0 aliphatic carbocycles. The van der Waals surface area contributed by atoms with Crippen molar-refractivity contribution in [3.63, 3.8) is 0 Å². The Morgan fingerprint density at radius 1 is 1.36 bits per heavy atom. The molecule has 0 N–H and O–H groups in total. The standard InChI is InChI=1S/C9H2BrF2NO/c10-6-2-7(11)8(12)5-1-4(3-13)14-9(5)6/h1-2H. The van der Waals surface area contributed by atoms with E-state index in [9.17, 15) is 8.78 Å². The van der Waals surface area contributed by atoms with Gasteiger partial charge in [-0.1, -0.05) is 0 Å². The first-order valence-electron chi connectivity index (χ1n) is 3.60. The van der Waals surface area contributed by atoms with Crippen molar-refractivity contribution in [2.75, 3.05) is 0 Å². The van der Waals surface area contributed by atoms with Gasteiger partial charge in [0.15, 0.2) is 17.2 Å². The Labute approximate surface area is 85.9 Å². The first-order chi connectivity index (χ1) is 6.63. The van der Waals surface area contributed by atoms with E-state index in [0.29, 0.717) is 0 Å². The third kappa shape index (κ3) is 1.19. The zero-order valence-corrected chi connectivity index (χ0v) is 8.23. The van der Waals surface area contributed by atoms with E-state index in [0.717, 1.165) is 6.07 Å². The van der Waals surface area contributed by atoms with Gasteiger partial charge in [0.2, 0.25) is 5.76 Å². The van der Waals surface area contributed by atoms with Crippen LogP contribution in [0, 0.1) is 23.0 Å². The molecule has 0 aliphatic heterocycles. The molecule has 14 heavy (non-hydrogen) atoms. The van der Waals surface area contributed by atoms with Gasteiger partial charge in [0.25, 0.3) is 0 Å². The highest BCUT2D eigenvalue weighted by Crippen LogP contribution is 2.30. The summed E-state index contributed by atoms with van der Waals surface area (Å²) in [6.45, 7) is 0. The molecule has 0 spiro atoms. The molecule has 0 fully saturated rings. The second kappa shape index (κ2) is 3.07. The Bertz CT molecular complexity index is 556. The molecule has 1 aromatic carbocycles. The Morgan fingerprint density at radius 3 is 2.71 bits per heavy atom. The number of furan rings is 1. The monoisotopic (exact) mass is 257 g/mol. The second-order valence-corrected chi connectivity index (χ2v) is 3.47. The lowest BCUT2D eigenvalue weighted by atomic mass is 10.2. The van der Waals surface area contributed by atoms with E-state index in [1.165, 1.54) is 6.07 Å². The summed E-state index contributed by atoms with van der Waals surface area (Å²) in [6, 6.07) is 3.84. The zero-order valence-electron chi connectivity index (χ0n) is 6.64. The van der Waals surface area contributed by atoms with Crippen LogP contribution in [0.1, 0.15) is 5.76 Å². The molecule has 0 aliphatic rings. The van der Waals surface area contributed by atoms with Crippen molar-refractivity contribution < 1.29 is 13.2 Å². The molecule has 0 unspecified atom stereocenters. The van der Waals surface area contributed by atoms with Crippen LogP contribution >= 0.6 is 15.9 Å². The molecule has 0 atom stereocenters. The number of halogens is 3. The first-order valence-corrected chi connectivity index (χ1v) is 4.40. The maximum absolute atomic E-state index is 13.2. The highest BCUT2D eigenvalue weighted by molar-refractivity contribution is 9.10. The summed E-state index contributed by atoms with van der Waals surface area (Å²) in [5.41, 5.74) is 0.139. The molecule has 70 valence electrons. The number of fused-ring (bicyclic) bond motifs is 1. The summed E-state index contributed by atoms with van der Waals surface area (Å²) >= 11 is 3.01. The number of nitriles is 1. The molecular weight excluding hydrogens is 256 g/mol. The summed E-state index contributed by atoms with van der Waals surface area (Å²) in [4.78, 5) is 0. The van der Waals surface area contributed by atoms with Crippen molar-refractivity contribution >= 4 is 26.9 Å². The fourth-order valence-electron chi connectivity index (χ4n) is 1.16. The topological polar surface area (TPSA) is 36.9 Å². The molecule has 2 rings (SSSR count). The van der Waals surface area contributed by atoms with Gasteiger partial charge in [0, 0.05) is 6.07 Å². The third-order valence-electron chi connectivity index (χ3n) is 1.76. The predicted octanol–water partition coefficient (Wildman–Crippen LogP) is 3.35. The Morgan fingerprint density at radius 2 is 2.07 bits per heavy atom. The van der Waals surface area contributed by atoms with Crippen LogP contribution in [0.4, 0.5) is 8.78 Å². The van der Waals surface area contributed by atoms with Gasteiger partial charge < -0.3 is 4.42 Å². The molecule has 0 radical (unpaired) electrons. The largest absolute Gasteiger partial charge is 0.444 e. The quantitative estimate of drug-likeness (QED) is 0.679. The van der Waals surface area contributed by atoms with Crippen molar-refractivity contribution in [2.24, 2.45) is 0 Å². The number of nitrogens with zero attached hydrogens (tertiary/aromatic N) is 1. The smallest absolute Gasteiger partial charge is 0.204 e. The van der Waals surface area contributed by atoms with Crippen molar-refractivity contribution in [2.45, 2.75) is 0 Å². The molecule has 1 aromatic heterocycles. The maximum Gasteiger partial charge on any atom is 0.204 e. The second-order valence-electron chi connectivity index (χ2n) is 2.62. The van der Waals surface area contributed by atoms with Crippen LogP contribution < -0.4 is 0 Å². The summed E-state index contributed by atoms with van der Waals surface area (Å²) in [7, 11) is 0. The molecule has 0 saturated heterocycles. The minimum absolute atomic E-state index is 0.0339. The number of rotatable bonds is 0. The fourth-order valence-corrected chi connectivity index (χ4v) is 1.65. The molecule has 2 aromatic rings. The van der Waals surface area contributed by atoms with Crippen LogP contribution in [0.2, 0.25) is 0 Å². The molecule has 0 amide bonds. The third-order valence-corrected chi connectivity index (χ3v) is 2.35. The van der Waals surface area contributed by atoms with Crippen LogP contribution in [-0.4, -0.2) is 0 Å². The number of hydrogen-bond donors (Lipinski definition) is 0. The molecule has 1 heterocycles. The first kappa shape index (κ1) is 9.16. The van der Waals surface area contributed by atoms with Gasteiger partial charge in [0.05, 0.1) is 9.86 Å². The lowest BCUT2D eigenvalue weighted by molar-refractivity contribution is 0.514. The van der Waals surface area contributed by atoms with E-state index in [1.54, 1.807) is 6.07 Å². The summed E-state index contributed by atoms with van der Waals surface area (Å²) < 4.78 is 31.3. The molecule has 2 nitrogen and oxygen atoms in total. The molecular formula is C9H2BrF2NO. The summed E-state index contributed by atoms with van der Waals surface area (Å²) in [5.74, 6) is -2.03. The zero-order chi connectivity index (χ0) is 10.3. The number of benzene rings is 1. The minimum atomic E-state index is -1.01. The van der Waals surface area contributed by atoms with E-state index in [2.05, 4.69) is 15.9 Å². The number of hydrogen-bond acceptors (Lipinski definition) is 2. The van der Waals surface area contributed by atoms with Crippen molar-refractivity contribution in [3.05, 3.63) is 34.0 Å². The average Bonchev–Trinajstić information content (AvgIpc) is 2.58. The van der Waals surface area contributed by atoms with E-state index < -0.39 is 11.6 Å². The Kier molecular flexibility index (Phi) is 2.01. The molecule has 0 bridgehead atoms. The van der Waals surface area contributed by atoms with Crippen molar-refractivity contribution in [1.29, 1.82) is 5.26 Å². The SMILES string of the molecule is N#Cc1cc2c(F)c(F)cc(Br)c2o1. The van der Waals surface area contributed by atoms with E-state index >= 15 is 0 Å². The van der Waals surface area contributed by atoms with Crippen LogP contribution in [-0.2, 0) is 0 Å². The predicted molar refractivity (Wildman–Crippen MR) is 48.5 cm³/mol. The van der Waals surface area contributed by atoms with Crippen LogP contribution in [0.25, 0.3) is 11.0 Å². The van der Waals surface area contributed by atoms with Crippen LogP contribution in [0.5, 0.6) is 0 Å². The van der Waals surface area contributed by atoms with Gasteiger partial charge in [-0.3, -0.25) is 0 Å². The van der Waals surface area contributed by atoms with E-state index in [4.69, 9.17) is 9.68 Å². The maximum atomic E-state index is 13.2. The summed E-state index contributed by atoms with van der Waals surface area (Å²) in [6.07, 6.45) is 0. The van der Waals surface area contributed by atoms with Gasteiger partial charge in [-0.2, -0.15) is 5.26 Å². The van der Waals surface area contributed by atoms with Crippen LogP contribution in [0.15, 0.2) is 21.0 Å². The molecule has 0 saturated carbocycles. The van der Waals surface area contributed by atoms with E-state index in [1.807, 2.05) is 0 Å². The van der Waals surface area contributed by atoms with Crippen molar-refractivity contribution in [1.82, 2.24) is 0 Å². The summed E-state index contributed by atoms with van der Waals surface area (Å²) in [5, 5.41) is 8.48. The highest BCUT2D eigenvalue weighted by atomic mass is 79.9. The van der Waals surface area contributed by atoms with Gasteiger partial charge in [-0.15, -0.1) is 0 Å². The van der Waals surface area contributed by atoms with Crippen molar-refractivity contribution in [3.8, 4) is 6.07 Å². The fraction of sp³-hybridized carbons (Fsp3) is 0. The average molecular weight is 258 g/mol. The lowest BCUT2D eigenvalue weighted by Gasteiger charge is -1.95. The normalized spacial score (nSPS) is 10.4. The van der Waals surface area contributed by atoms with Gasteiger partial charge in [0.1, 0.15) is 6.07 Å². The Hall–Kier alpha value is -1.41. The molecule has 5 heteroatoms. The minimum Gasteiger partial charge on any atom is -0.444 e. The van der Waals surface area contributed by atoms with E-state index in [-0.39, 0.29) is 21.2 Å². The highest BCUT2D eigenvalue weighted by Gasteiger charge is 2.15. The van der Waals surface area contributed by atoms with Crippen LogP contribution in [0.3, 0.4) is 0 Å².